The Morgan fingerprint density at radius 3 is 1.98 bits per heavy atom. The summed E-state index contributed by atoms with van der Waals surface area (Å²) in [6, 6.07) is 8.64. The molecule has 0 saturated carbocycles. The average Bonchev–Trinajstić information content (AvgIpc) is 3.05. The highest BCUT2D eigenvalue weighted by molar-refractivity contribution is 5.92. The van der Waals surface area contributed by atoms with Crippen LogP contribution < -0.4 is 31.7 Å². The molecule has 0 aliphatic heterocycles. The quantitative estimate of drug-likeness (QED) is 0.122. The molecule has 0 aliphatic carbocycles. The number of benzene rings is 2. The van der Waals surface area contributed by atoms with E-state index in [1.54, 1.807) is 0 Å². The molecule has 2 rings (SSSR count). The van der Waals surface area contributed by atoms with E-state index < -0.39 is 59.6 Å². The molecule has 0 bridgehead atoms. The summed E-state index contributed by atoms with van der Waals surface area (Å²) in [4.78, 5) is 53.4. The Kier molecular flexibility index (Phi) is 18.0. The van der Waals surface area contributed by atoms with Crippen molar-refractivity contribution < 1.29 is 32.7 Å². The molecule has 2 aromatic carbocycles. The van der Waals surface area contributed by atoms with E-state index in [-0.39, 0.29) is 48.4 Å². The third kappa shape index (κ3) is 15.4. The lowest BCUT2D eigenvalue weighted by Gasteiger charge is -2.31. The van der Waals surface area contributed by atoms with Gasteiger partial charge >= 0.3 is 0 Å². The molecule has 2 aromatic rings. The van der Waals surface area contributed by atoms with Crippen molar-refractivity contribution >= 4 is 23.6 Å². The van der Waals surface area contributed by atoms with Crippen molar-refractivity contribution in [3.05, 3.63) is 65.7 Å². The van der Waals surface area contributed by atoms with Gasteiger partial charge < -0.3 is 31.7 Å². The van der Waals surface area contributed by atoms with Crippen molar-refractivity contribution in [3.8, 4) is 5.75 Å². The molecule has 6 N–H and O–H groups in total. The lowest BCUT2D eigenvalue weighted by molar-refractivity contribution is -0.133. The van der Waals surface area contributed by atoms with Gasteiger partial charge in [-0.1, -0.05) is 92.1 Å². The summed E-state index contributed by atoms with van der Waals surface area (Å²) < 4.78 is 33.0. The van der Waals surface area contributed by atoms with E-state index in [0.717, 1.165) is 24.1 Å². The van der Waals surface area contributed by atoms with Gasteiger partial charge in [0.1, 0.15) is 24.5 Å². The van der Waals surface area contributed by atoms with Crippen LogP contribution in [0, 0.1) is 35.3 Å². The standard InChI is InChI=1S/C39H59F2N5O5/c1-9-26(8)18-35(47)43-32(17-23(2)3)38(49)46-37(25(6)7)39(50)45-31(19-27-13-11-10-12-14-27)30(42)21-36(48)44-33(24(4)5)22-51-34-16-15-28(40)20-29(34)41/h10-16,20,23-26,30-33,37H,9,17-19,21-22,42H2,1-8H3,(H,43,47)(H,44,48)(H,45,50)(H,46,49)/t26?,30-,31-,32-,33+,37-/m0/s1. The van der Waals surface area contributed by atoms with E-state index in [1.165, 1.54) is 6.07 Å². The molecule has 0 saturated heterocycles. The van der Waals surface area contributed by atoms with Crippen LogP contribution in [-0.2, 0) is 25.6 Å². The van der Waals surface area contributed by atoms with Crippen LogP contribution in [0.1, 0.15) is 86.6 Å². The molecule has 1 unspecified atom stereocenters. The van der Waals surface area contributed by atoms with E-state index >= 15 is 0 Å². The van der Waals surface area contributed by atoms with Crippen molar-refractivity contribution in [2.45, 2.75) is 118 Å². The van der Waals surface area contributed by atoms with Crippen molar-refractivity contribution in [1.29, 1.82) is 0 Å². The summed E-state index contributed by atoms with van der Waals surface area (Å²) in [7, 11) is 0. The second kappa shape index (κ2) is 21.3. The zero-order valence-corrected chi connectivity index (χ0v) is 31.4. The van der Waals surface area contributed by atoms with Crippen LogP contribution in [0.15, 0.2) is 48.5 Å². The smallest absolute Gasteiger partial charge is 0.243 e. The highest BCUT2D eigenvalue weighted by atomic mass is 19.1. The number of nitrogens with two attached hydrogens (primary N) is 1. The summed E-state index contributed by atoms with van der Waals surface area (Å²) in [5.41, 5.74) is 7.51. The van der Waals surface area contributed by atoms with Gasteiger partial charge in [0, 0.05) is 31.0 Å². The van der Waals surface area contributed by atoms with Gasteiger partial charge in [0.2, 0.25) is 23.6 Å². The molecule has 0 aliphatic rings. The van der Waals surface area contributed by atoms with Crippen molar-refractivity contribution in [2.75, 3.05) is 6.61 Å². The van der Waals surface area contributed by atoms with Gasteiger partial charge in [0.15, 0.2) is 11.6 Å². The molecule has 12 heteroatoms. The number of halogens is 2. The summed E-state index contributed by atoms with van der Waals surface area (Å²) >= 11 is 0. The van der Waals surface area contributed by atoms with Gasteiger partial charge in [-0.05, 0) is 54.2 Å². The van der Waals surface area contributed by atoms with Gasteiger partial charge in [0.25, 0.3) is 0 Å². The molecule has 0 aromatic heterocycles. The SMILES string of the molecule is CCC(C)CC(=O)N[C@@H](CC(C)C)C(=O)N[C@H](C(=O)N[C@@H](Cc1ccccc1)[C@@H](N)CC(=O)N[C@H](COc1ccc(F)cc1F)C(C)C)C(C)C. The van der Waals surface area contributed by atoms with Gasteiger partial charge in [-0.3, -0.25) is 19.2 Å². The Morgan fingerprint density at radius 1 is 0.765 bits per heavy atom. The largest absolute Gasteiger partial charge is 0.488 e. The fourth-order valence-electron chi connectivity index (χ4n) is 5.45. The van der Waals surface area contributed by atoms with E-state index in [1.807, 2.05) is 85.7 Å². The fraction of sp³-hybridized carbons (Fsp3) is 0.590. The van der Waals surface area contributed by atoms with Crippen LogP contribution in [0.5, 0.6) is 5.75 Å². The Balaban J connectivity index is 2.19. The lowest BCUT2D eigenvalue weighted by atomic mass is 9.95. The zero-order valence-electron chi connectivity index (χ0n) is 31.4. The molecule has 284 valence electrons. The van der Waals surface area contributed by atoms with Gasteiger partial charge in [-0.2, -0.15) is 0 Å². The Bertz CT molecular complexity index is 1410. The third-order valence-electron chi connectivity index (χ3n) is 8.86. The minimum absolute atomic E-state index is 0.0585. The third-order valence-corrected chi connectivity index (χ3v) is 8.86. The normalized spacial score (nSPS) is 15.0. The molecule has 0 radical (unpaired) electrons. The Labute approximate surface area is 302 Å². The second-order valence-corrected chi connectivity index (χ2v) is 14.7. The van der Waals surface area contributed by atoms with E-state index in [4.69, 9.17) is 10.5 Å². The van der Waals surface area contributed by atoms with Crippen molar-refractivity contribution in [3.63, 3.8) is 0 Å². The van der Waals surface area contributed by atoms with Crippen LogP contribution in [0.2, 0.25) is 0 Å². The number of carbonyl (C=O) groups excluding carboxylic acids is 4. The first-order valence-electron chi connectivity index (χ1n) is 18.1. The predicted molar refractivity (Wildman–Crippen MR) is 196 cm³/mol. The number of carbonyl (C=O) groups is 4. The Hall–Kier alpha value is -4.06. The maximum Gasteiger partial charge on any atom is 0.243 e. The summed E-state index contributed by atoms with van der Waals surface area (Å²) in [6.07, 6.45) is 1.72. The molecule has 6 atom stereocenters. The lowest BCUT2D eigenvalue weighted by Crippen LogP contribution is -2.59. The average molecular weight is 716 g/mol. The molecule has 10 nitrogen and oxygen atoms in total. The number of hydrogen-bond donors (Lipinski definition) is 5. The first-order valence-corrected chi connectivity index (χ1v) is 18.1. The second-order valence-electron chi connectivity index (χ2n) is 14.7. The monoisotopic (exact) mass is 715 g/mol. The zero-order chi connectivity index (χ0) is 38.2. The van der Waals surface area contributed by atoms with E-state index in [0.29, 0.717) is 19.3 Å². The topological polar surface area (TPSA) is 152 Å². The Morgan fingerprint density at radius 2 is 1.41 bits per heavy atom. The van der Waals surface area contributed by atoms with E-state index in [9.17, 15) is 28.0 Å². The van der Waals surface area contributed by atoms with Gasteiger partial charge in [-0.15, -0.1) is 0 Å². The van der Waals surface area contributed by atoms with Crippen molar-refractivity contribution in [1.82, 2.24) is 21.3 Å². The maximum absolute atomic E-state index is 14.1. The number of amides is 4. The minimum atomic E-state index is -0.938. The maximum atomic E-state index is 14.1. The van der Waals surface area contributed by atoms with Gasteiger partial charge in [0.05, 0.1) is 6.04 Å². The highest BCUT2D eigenvalue weighted by Crippen LogP contribution is 2.19. The van der Waals surface area contributed by atoms with Crippen LogP contribution in [0.3, 0.4) is 0 Å². The molecule has 51 heavy (non-hydrogen) atoms. The minimum Gasteiger partial charge on any atom is -0.488 e. The molecular formula is C39H59F2N5O5. The van der Waals surface area contributed by atoms with Gasteiger partial charge in [-0.25, -0.2) is 8.78 Å². The summed E-state index contributed by atoms with van der Waals surface area (Å²) in [5, 5.41) is 11.6. The van der Waals surface area contributed by atoms with Crippen molar-refractivity contribution in [2.24, 2.45) is 29.4 Å². The number of hydrogen-bond acceptors (Lipinski definition) is 6. The first kappa shape index (κ1) is 43.1. The summed E-state index contributed by atoms with van der Waals surface area (Å²) in [5.74, 6) is -3.32. The summed E-state index contributed by atoms with van der Waals surface area (Å²) in [6.45, 7) is 15.2. The molecule has 0 heterocycles. The highest BCUT2D eigenvalue weighted by Gasteiger charge is 2.32. The van der Waals surface area contributed by atoms with Crippen LogP contribution in [0.25, 0.3) is 0 Å². The molecule has 0 spiro atoms. The number of ether oxygens (including phenoxy) is 1. The van der Waals surface area contributed by atoms with E-state index in [2.05, 4.69) is 21.3 Å². The predicted octanol–water partition coefficient (Wildman–Crippen LogP) is 5.04. The molecule has 4 amide bonds. The first-order chi connectivity index (χ1) is 24.0. The molecular weight excluding hydrogens is 656 g/mol. The van der Waals surface area contributed by atoms with Crippen LogP contribution in [-0.4, -0.2) is 60.4 Å². The van der Waals surface area contributed by atoms with Crippen LogP contribution >= 0.6 is 0 Å². The van der Waals surface area contributed by atoms with Crippen LogP contribution in [0.4, 0.5) is 8.78 Å². The molecule has 0 fully saturated rings. The fourth-order valence-corrected chi connectivity index (χ4v) is 5.45. The number of rotatable bonds is 21. The number of nitrogens with one attached hydrogen (secondary N) is 4.